The molecule has 1 aliphatic rings. The Kier molecular flexibility index (Phi) is 3.57. The zero-order valence-electron chi connectivity index (χ0n) is 10.8. The third-order valence-corrected chi connectivity index (χ3v) is 3.49. The highest BCUT2D eigenvalue weighted by Gasteiger charge is 2.29. The van der Waals surface area contributed by atoms with Crippen LogP contribution < -0.4 is 5.32 Å². The van der Waals surface area contributed by atoms with Gasteiger partial charge in [0.2, 0.25) is 0 Å². The summed E-state index contributed by atoms with van der Waals surface area (Å²) in [6.07, 6.45) is 2.53. The average Bonchev–Trinajstić information content (AvgIpc) is 2.26. The van der Waals surface area contributed by atoms with E-state index in [1.54, 1.807) is 0 Å². The minimum absolute atomic E-state index is 0.399. The molecule has 0 heterocycles. The Morgan fingerprint density at radius 2 is 2.06 bits per heavy atom. The number of rotatable bonds is 4. The van der Waals surface area contributed by atoms with Crippen LogP contribution >= 0.6 is 0 Å². The van der Waals surface area contributed by atoms with E-state index in [4.69, 9.17) is 4.74 Å². The highest BCUT2D eigenvalue weighted by atomic mass is 16.5. The predicted molar refractivity (Wildman–Crippen MR) is 69.6 cm³/mol. The molecule has 0 amide bonds. The molecule has 1 aliphatic carbocycles. The van der Waals surface area contributed by atoms with Crippen molar-refractivity contribution in [2.24, 2.45) is 0 Å². The van der Waals surface area contributed by atoms with Crippen LogP contribution in [0.3, 0.4) is 0 Å². The maximum absolute atomic E-state index is 9.86. The SMILES string of the molecule is CCOC1CC(Nc2ccc(C)c(O)c2C)C1. The summed E-state index contributed by atoms with van der Waals surface area (Å²) < 4.78 is 5.53. The van der Waals surface area contributed by atoms with E-state index in [1.807, 2.05) is 32.9 Å². The van der Waals surface area contributed by atoms with Crippen LogP contribution in [0.2, 0.25) is 0 Å². The molecule has 94 valence electrons. The van der Waals surface area contributed by atoms with Crippen molar-refractivity contribution in [3.63, 3.8) is 0 Å². The Bertz CT molecular complexity index is 397. The van der Waals surface area contributed by atoms with Gasteiger partial charge in [0.25, 0.3) is 0 Å². The van der Waals surface area contributed by atoms with E-state index in [0.29, 0.717) is 17.9 Å². The summed E-state index contributed by atoms with van der Waals surface area (Å²) in [6, 6.07) is 4.47. The Morgan fingerprint density at radius 3 is 2.71 bits per heavy atom. The number of aryl methyl sites for hydroxylation is 1. The number of phenolic OH excluding ortho intramolecular Hbond substituents is 1. The van der Waals surface area contributed by atoms with Gasteiger partial charge in [0.15, 0.2) is 0 Å². The fourth-order valence-electron chi connectivity index (χ4n) is 2.27. The summed E-state index contributed by atoms with van der Waals surface area (Å²) in [6.45, 7) is 6.69. The largest absolute Gasteiger partial charge is 0.507 e. The number of anilines is 1. The number of ether oxygens (including phenoxy) is 1. The number of hydrogen-bond acceptors (Lipinski definition) is 3. The summed E-state index contributed by atoms with van der Waals surface area (Å²) in [5.74, 6) is 0.399. The van der Waals surface area contributed by atoms with Crippen LogP contribution in [0.4, 0.5) is 5.69 Å². The van der Waals surface area contributed by atoms with Gasteiger partial charge in [-0.2, -0.15) is 0 Å². The molecule has 0 bridgehead atoms. The van der Waals surface area contributed by atoms with Crippen LogP contribution in [0.1, 0.15) is 30.9 Å². The van der Waals surface area contributed by atoms with Gasteiger partial charge in [0.1, 0.15) is 5.75 Å². The first-order valence-electron chi connectivity index (χ1n) is 6.29. The average molecular weight is 235 g/mol. The lowest BCUT2D eigenvalue weighted by Gasteiger charge is -2.36. The third kappa shape index (κ3) is 2.55. The lowest BCUT2D eigenvalue weighted by atomic mass is 9.88. The van der Waals surface area contributed by atoms with Gasteiger partial charge in [0.05, 0.1) is 6.10 Å². The molecule has 3 nitrogen and oxygen atoms in total. The van der Waals surface area contributed by atoms with Crippen molar-refractivity contribution < 1.29 is 9.84 Å². The van der Waals surface area contributed by atoms with E-state index in [2.05, 4.69) is 5.32 Å². The van der Waals surface area contributed by atoms with Crippen molar-refractivity contribution in [1.29, 1.82) is 0 Å². The van der Waals surface area contributed by atoms with Crippen molar-refractivity contribution in [2.75, 3.05) is 11.9 Å². The highest BCUT2D eigenvalue weighted by molar-refractivity contribution is 5.59. The lowest BCUT2D eigenvalue weighted by molar-refractivity contribution is 0.00298. The number of aromatic hydroxyl groups is 1. The Morgan fingerprint density at radius 1 is 1.35 bits per heavy atom. The fourth-order valence-corrected chi connectivity index (χ4v) is 2.27. The van der Waals surface area contributed by atoms with E-state index < -0.39 is 0 Å². The van der Waals surface area contributed by atoms with Crippen LogP contribution in [0.25, 0.3) is 0 Å². The molecule has 0 atom stereocenters. The monoisotopic (exact) mass is 235 g/mol. The summed E-state index contributed by atoms with van der Waals surface area (Å²) >= 11 is 0. The third-order valence-electron chi connectivity index (χ3n) is 3.49. The van der Waals surface area contributed by atoms with Gasteiger partial charge in [-0.3, -0.25) is 0 Å². The molecule has 0 radical (unpaired) electrons. The normalized spacial score (nSPS) is 23.2. The van der Waals surface area contributed by atoms with Crippen molar-refractivity contribution in [3.8, 4) is 5.75 Å². The molecule has 3 heteroatoms. The first-order chi connectivity index (χ1) is 8.11. The summed E-state index contributed by atoms with van der Waals surface area (Å²) in [5, 5.41) is 13.3. The topological polar surface area (TPSA) is 41.5 Å². The quantitative estimate of drug-likeness (QED) is 0.843. The maximum atomic E-state index is 9.86. The minimum Gasteiger partial charge on any atom is -0.507 e. The van der Waals surface area contributed by atoms with Gasteiger partial charge >= 0.3 is 0 Å². The molecule has 0 saturated heterocycles. The molecule has 17 heavy (non-hydrogen) atoms. The number of nitrogens with one attached hydrogen (secondary N) is 1. The van der Waals surface area contributed by atoms with Gasteiger partial charge in [-0.25, -0.2) is 0 Å². The molecule has 0 unspecified atom stereocenters. The molecule has 2 N–H and O–H groups in total. The summed E-state index contributed by atoms with van der Waals surface area (Å²) in [7, 11) is 0. The van der Waals surface area contributed by atoms with Crippen molar-refractivity contribution in [2.45, 2.75) is 45.8 Å². The second kappa shape index (κ2) is 4.96. The molecule has 1 aromatic carbocycles. The van der Waals surface area contributed by atoms with E-state index in [9.17, 15) is 5.11 Å². The molecule has 1 aromatic rings. The van der Waals surface area contributed by atoms with Crippen LogP contribution in [0.5, 0.6) is 5.75 Å². The van der Waals surface area contributed by atoms with Crippen LogP contribution in [-0.4, -0.2) is 23.9 Å². The highest BCUT2D eigenvalue weighted by Crippen LogP contribution is 2.32. The predicted octanol–water partition coefficient (Wildman–Crippen LogP) is 2.99. The van der Waals surface area contributed by atoms with E-state index >= 15 is 0 Å². The standard InChI is InChI=1S/C14H21NO2/c1-4-17-12-7-11(8-12)15-13-6-5-9(2)14(16)10(13)3/h5-6,11-12,15-16H,4,7-8H2,1-3H3. The van der Waals surface area contributed by atoms with Crippen LogP contribution in [0, 0.1) is 13.8 Å². The molecule has 1 fully saturated rings. The Balaban J connectivity index is 1.95. The zero-order chi connectivity index (χ0) is 12.4. The maximum Gasteiger partial charge on any atom is 0.123 e. The molecule has 1 saturated carbocycles. The second-order valence-electron chi connectivity index (χ2n) is 4.79. The van der Waals surface area contributed by atoms with Crippen molar-refractivity contribution in [3.05, 3.63) is 23.3 Å². The Labute approximate surface area is 103 Å². The second-order valence-corrected chi connectivity index (χ2v) is 4.79. The molecule has 0 spiro atoms. The van der Waals surface area contributed by atoms with E-state index in [1.165, 1.54) is 0 Å². The van der Waals surface area contributed by atoms with Gasteiger partial charge in [0, 0.05) is 23.9 Å². The van der Waals surface area contributed by atoms with E-state index in [-0.39, 0.29) is 0 Å². The number of benzene rings is 1. The zero-order valence-corrected chi connectivity index (χ0v) is 10.8. The van der Waals surface area contributed by atoms with Crippen molar-refractivity contribution >= 4 is 5.69 Å². The summed E-state index contributed by atoms with van der Waals surface area (Å²) in [5.41, 5.74) is 2.90. The molecule has 0 aliphatic heterocycles. The Hall–Kier alpha value is -1.22. The molecular formula is C14H21NO2. The minimum atomic E-state index is 0.399. The van der Waals surface area contributed by atoms with Crippen LogP contribution in [0.15, 0.2) is 12.1 Å². The van der Waals surface area contributed by atoms with Gasteiger partial charge < -0.3 is 15.2 Å². The first-order valence-corrected chi connectivity index (χ1v) is 6.29. The first kappa shape index (κ1) is 12.2. The molecule has 0 aromatic heterocycles. The number of hydrogen-bond donors (Lipinski definition) is 2. The molecule has 2 rings (SSSR count). The number of phenols is 1. The summed E-state index contributed by atoms with van der Waals surface area (Å²) in [4.78, 5) is 0. The van der Waals surface area contributed by atoms with E-state index in [0.717, 1.165) is 36.3 Å². The van der Waals surface area contributed by atoms with Gasteiger partial charge in [-0.05, 0) is 45.2 Å². The van der Waals surface area contributed by atoms with Crippen molar-refractivity contribution in [1.82, 2.24) is 0 Å². The smallest absolute Gasteiger partial charge is 0.123 e. The fraction of sp³-hybridized carbons (Fsp3) is 0.571. The van der Waals surface area contributed by atoms with Gasteiger partial charge in [-0.15, -0.1) is 0 Å². The van der Waals surface area contributed by atoms with Crippen LogP contribution in [-0.2, 0) is 4.74 Å². The molecular weight excluding hydrogens is 214 g/mol. The van der Waals surface area contributed by atoms with Gasteiger partial charge in [-0.1, -0.05) is 6.07 Å². The lowest BCUT2D eigenvalue weighted by Crippen LogP contribution is -2.40.